The van der Waals surface area contributed by atoms with Crippen LogP contribution in [0.2, 0.25) is 0 Å². The van der Waals surface area contributed by atoms with Gasteiger partial charge in [-0.05, 0) is 35.5 Å². The second kappa shape index (κ2) is 4.44. The van der Waals surface area contributed by atoms with Crippen molar-refractivity contribution in [1.82, 2.24) is 14.6 Å². The summed E-state index contributed by atoms with van der Waals surface area (Å²) in [5.74, 6) is 0. The molecule has 3 rings (SSSR count). The lowest BCUT2D eigenvalue weighted by atomic mass is 10.0. The molecule has 0 aliphatic heterocycles. The van der Waals surface area contributed by atoms with E-state index in [-0.39, 0.29) is 0 Å². The molecule has 0 saturated heterocycles. The molecule has 1 atom stereocenters. The fourth-order valence-corrected chi connectivity index (χ4v) is 2.66. The van der Waals surface area contributed by atoms with Crippen LogP contribution in [0.4, 0.5) is 0 Å². The van der Waals surface area contributed by atoms with Crippen molar-refractivity contribution < 1.29 is 5.11 Å². The number of fused-ring (bicyclic) bond motifs is 1. The van der Waals surface area contributed by atoms with E-state index in [9.17, 15) is 5.11 Å². The summed E-state index contributed by atoms with van der Waals surface area (Å²) in [6.07, 6.45) is 2.83. The summed E-state index contributed by atoms with van der Waals surface area (Å²) in [6, 6.07) is 7.78. The van der Waals surface area contributed by atoms with Crippen LogP contribution in [0.25, 0.3) is 10.8 Å². The predicted molar refractivity (Wildman–Crippen MR) is 70.5 cm³/mol. The number of benzene rings is 1. The van der Waals surface area contributed by atoms with E-state index in [0.717, 1.165) is 26.9 Å². The number of aliphatic hydroxyl groups excluding tert-OH is 1. The van der Waals surface area contributed by atoms with Gasteiger partial charge in [0, 0.05) is 17.8 Å². The molecule has 1 N–H and O–H groups in total. The Morgan fingerprint density at radius 1 is 1.28 bits per heavy atom. The Morgan fingerprint density at radius 2 is 2.17 bits per heavy atom. The van der Waals surface area contributed by atoms with Crippen LogP contribution in [0.15, 0.2) is 36.7 Å². The van der Waals surface area contributed by atoms with Gasteiger partial charge < -0.3 is 5.11 Å². The van der Waals surface area contributed by atoms with Crippen LogP contribution in [0.5, 0.6) is 0 Å². The molecule has 5 heteroatoms. The molecular weight excluding hydrogens is 246 g/mol. The number of aromatic nitrogens is 3. The highest BCUT2D eigenvalue weighted by Gasteiger charge is 2.18. The molecule has 18 heavy (non-hydrogen) atoms. The molecule has 0 bridgehead atoms. The molecule has 4 nitrogen and oxygen atoms in total. The Kier molecular flexibility index (Phi) is 2.77. The molecule has 0 fully saturated rings. The number of hydrogen-bond donors (Lipinski definition) is 1. The summed E-state index contributed by atoms with van der Waals surface area (Å²) in [5, 5.41) is 16.4. The van der Waals surface area contributed by atoms with Crippen molar-refractivity contribution in [2.45, 2.75) is 13.0 Å². The zero-order valence-corrected chi connectivity index (χ0v) is 10.6. The Morgan fingerprint density at radius 3 is 2.94 bits per heavy atom. The van der Waals surface area contributed by atoms with Gasteiger partial charge in [0.2, 0.25) is 0 Å². The van der Waals surface area contributed by atoms with Gasteiger partial charge in [0.05, 0.1) is 10.6 Å². The second-order valence-corrected chi connectivity index (χ2v) is 4.85. The smallest absolute Gasteiger partial charge is 0.117 e. The summed E-state index contributed by atoms with van der Waals surface area (Å²) in [5.41, 5.74) is 1.61. The first-order chi connectivity index (χ1) is 8.77. The fourth-order valence-electron chi connectivity index (χ4n) is 2.01. The third-order valence-corrected chi connectivity index (χ3v) is 3.83. The minimum Gasteiger partial charge on any atom is -0.383 e. The van der Waals surface area contributed by atoms with E-state index in [1.54, 1.807) is 12.4 Å². The first kappa shape index (κ1) is 11.3. The van der Waals surface area contributed by atoms with Gasteiger partial charge in [-0.25, -0.2) is 0 Å². The van der Waals surface area contributed by atoms with Crippen LogP contribution in [0.3, 0.4) is 0 Å². The van der Waals surface area contributed by atoms with Crippen molar-refractivity contribution in [2.24, 2.45) is 0 Å². The maximum absolute atomic E-state index is 10.5. The average molecular weight is 257 g/mol. The molecule has 3 aromatic rings. The molecule has 2 heterocycles. The Hall–Kier alpha value is -1.85. The topological polar surface area (TPSA) is 58.9 Å². The minimum absolute atomic E-state index is 0.696. The highest BCUT2D eigenvalue weighted by atomic mass is 32.1. The third-order valence-electron chi connectivity index (χ3n) is 2.95. The Bertz CT molecular complexity index is 690. The van der Waals surface area contributed by atoms with Gasteiger partial charge >= 0.3 is 0 Å². The summed E-state index contributed by atoms with van der Waals surface area (Å²) in [4.78, 5) is 4.90. The standard InChI is InChI=1S/C13H11N3OS/c1-8-13(18-16-15-8)12(17)10-4-2-3-9-5-6-14-7-11(9)10/h2-7,12,17H,1H3. The SMILES string of the molecule is Cc1nnsc1C(O)c1cccc2ccncc12. The van der Waals surface area contributed by atoms with Crippen LogP contribution in [0.1, 0.15) is 22.2 Å². The van der Waals surface area contributed by atoms with Gasteiger partial charge in [-0.15, -0.1) is 5.10 Å². The summed E-state index contributed by atoms with van der Waals surface area (Å²) in [6.45, 7) is 1.85. The van der Waals surface area contributed by atoms with Crippen molar-refractivity contribution >= 4 is 22.3 Å². The molecule has 1 unspecified atom stereocenters. The lowest BCUT2D eigenvalue weighted by Crippen LogP contribution is -2.00. The minimum atomic E-state index is -0.696. The van der Waals surface area contributed by atoms with Gasteiger partial charge in [-0.3, -0.25) is 4.98 Å². The zero-order chi connectivity index (χ0) is 12.5. The lowest BCUT2D eigenvalue weighted by Gasteiger charge is -2.11. The molecule has 2 aromatic heterocycles. The van der Waals surface area contributed by atoms with Crippen LogP contribution in [0, 0.1) is 6.92 Å². The van der Waals surface area contributed by atoms with E-state index in [0.29, 0.717) is 0 Å². The molecule has 0 amide bonds. The second-order valence-electron chi connectivity index (χ2n) is 4.07. The molecular formula is C13H11N3OS. The van der Waals surface area contributed by atoms with E-state index >= 15 is 0 Å². The van der Waals surface area contributed by atoms with Crippen molar-refractivity contribution in [1.29, 1.82) is 0 Å². The number of aryl methyl sites for hydroxylation is 1. The van der Waals surface area contributed by atoms with E-state index < -0.39 is 6.10 Å². The van der Waals surface area contributed by atoms with Gasteiger partial charge in [0.25, 0.3) is 0 Å². The molecule has 0 spiro atoms. The molecule has 0 radical (unpaired) electrons. The van der Waals surface area contributed by atoms with Crippen LogP contribution < -0.4 is 0 Å². The summed E-state index contributed by atoms with van der Waals surface area (Å²) < 4.78 is 3.86. The predicted octanol–water partition coefficient (Wildman–Crippen LogP) is 2.48. The van der Waals surface area contributed by atoms with E-state index in [2.05, 4.69) is 14.6 Å². The van der Waals surface area contributed by atoms with Crippen molar-refractivity contribution in [3.05, 3.63) is 52.8 Å². The van der Waals surface area contributed by atoms with Gasteiger partial charge in [0.1, 0.15) is 6.10 Å². The largest absolute Gasteiger partial charge is 0.383 e. The monoisotopic (exact) mass is 257 g/mol. The zero-order valence-electron chi connectivity index (χ0n) is 9.74. The first-order valence-corrected chi connectivity index (χ1v) is 6.34. The van der Waals surface area contributed by atoms with Crippen molar-refractivity contribution in [3.8, 4) is 0 Å². The number of pyridine rings is 1. The molecule has 0 aliphatic carbocycles. The molecule has 0 saturated carbocycles. The summed E-state index contributed by atoms with van der Waals surface area (Å²) in [7, 11) is 0. The van der Waals surface area contributed by atoms with Crippen LogP contribution in [-0.2, 0) is 0 Å². The van der Waals surface area contributed by atoms with E-state index in [1.165, 1.54) is 11.5 Å². The third kappa shape index (κ3) is 1.77. The Balaban J connectivity index is 2.18. The van der Waals surface area contributed by atoms with Crippen molar-refractivity contribution in [3.63, 3.8) is 0 Å². The summed E-state index contributed by atoms with van der Waals surface area (Å²) >= 11 is 1.23. The van der Waals surface area contributed by atoms with Gasteiger partial charge in [-0.1, -0.05) is 22.7 Å². The fraction of sp³-hybridized carbons (Fsp3) is 0.154. The van der Waals surface area contributed by atoms with Gasteiger partial charge in [0.15, 0.2) is 0 Å². The Labute approximate surface area is 108 Å². The highest BCUT2D eigenvalue weighted by Crippen LogP contribution is 2.31. The molecule has 1 aromatic carbocycles. The normalized spacial score (nSPS) is 12.8. The first-order valence-electron chi connectivity index (χ1n) is 5.57. The number of rotatable bonds is 2. The van der Waals surface area contributed by atoms with Gasteiger partial charge in [-0.2, -0.15) is 0 Å². The maximum atomic E-state index is 10.5. The van der Waals surface area contributed by atoms with Crippen LogP contribution >= 0.6 is 11.5 Å². The van der Waals surface area contributed by atoms with Crippen molar-refractivity contribution in [2.75, 3.05) is 0 Å². The lowest BCUT2D eigenvalue weighted by molar-refractivity contribution is 0.224. The average Bonchev–Trinajstić information content (AvgIpc) is 2.83. The number of hydrogen-bond acceptors (Lipinski definition) is 5. The maximum Gasteiger partial charge on any atom is 0.117 e. The highest BCUT2D eigenvalue weighted by molar-refractivity contribution is 7.05. The molecule has 0 aliphatic rings. The number of nitrogens with zero attached hydrogens (tertiary/aromatic N) is 3. The molecule has 90 valence electrons. The van der Waals surface area contributed by atoms with Crippen LogP contribution in [-0.4, -0.2) is 19.7 Å². The van der Waals surface area contributed by atoms with E-state index in [4.69, 9.17) is 0 Å². The van der Waals surface area contributed by atoms with E-state index in [1.807, 2.05) is 31.2 Å². The number of aliphatic hydroxyl groups is 1. The quantitative estimate of drug-likeness (QED) is 0.766.